The second kappa shape index (κ2) is 6.68. The van der Waals surface area contributed by atoms with Gasteiger partial charge in [0.15, 0.2) is 5.43 Å². The van der Waals surface area contributed by atoms with Crippen molar-refractivity contribution in [1.82, 2.24) is 4.57 Å². The molecule has 0 fully saturated rings. The van der Waals surface area contributed by atoms with Crippen molar-refractivity contribution >= 4 is 10.9 Å². The first-order valence-electron chi connectivity index (χ1n) is 8.72. The summed E-state index contributed by atoms with van der Waals surface area (Å²) in [4.78, 5) is 13.4. The zero-order valence-electron chi connectivity index (χ0n) is 15.0. The molecule has 0 aliphatic rings. The van der Waals surface area contributed by atoms with Crippen molar-refractivity contribution < 1.29 is 13.2 Å². The van der Waals surface area contributed by atoms with E-state index in [-0.39, 0.29) is 5.39 Å². The van der Waals surface area contributed by atoms with Crippen molar-refractivity contribution in [2.24, 2.45) is 7.05 Å². The molecule has 0 amide bonds. The minimum Gasteiger partial charge on any atom is -0.343 e. The molecule has 0 bridgehead atoms. The third-order valence-corrected chi connectivity index (χ3v) is 4.84. The molecule has 4 rings (SSSR count). The maximum atomic E-state index is 13.4. The Morgan fingerprint density at radius 1 is 0.786 bits per heavy atom. The number of aromatic nitrogens is 1. The van der Waals surface area contributed by atoms with E-state index in [0.717, 1.165) is 17.7 Å². The molecule has 0 spiro atoms. The second-order valence-electron chi connectivity index (χ2n) is 6.57. The molecule has 1 aromatic heterocycles. The maximum absolute atomic E-state index is 13.4. The van der Waals surface area contributed by atoms with Crippen molar-refractivity contribution in [3.8, 4) is 22.4 Å². The summed E-state index contributed by atoms with van der Waals surface area (Å²) in [5, 5.41) is 0.0517. The number of fused-ring (bicyclic) bond motifs is 1. The van der Waals surface area contributed by atoms with E-state index in [9.17, 15) is 18.0 Å². The molecule has 0 saturated heterocycles. The fourth-order valence-corrected chi connectivity index (χ4v) is 3.52. The molecule has 5 heteroatoms. The molecule has 0 aliphatic carbocycles. The summed E-state index contributed by atoms with van der Waals surface area (Å²) in [5.74, 6) is 0. The number of nitrogens with zero attached hydrogens (tertiary/aromatic N) is 1. The summed E-state index contributed by atoms with van der Waals surface area (Å²) >= 11 is 0. The molecule has 0 saturated carbocycles. The predicted molar refractivity (Wildman–Crippen MR) is 105 cm³/mol. The topological polar surface area (TPSA) is 22.0 Å². The standard InChI is InChI=1S/C23H16F3NO/c1-27-19-13-12-17(23(24,25)26)14-18(19)22(28)20(15-8-4-2-5-9-15)21(27)16-10-6-3-7-11-16/h2-14H,1H3. The van der Waals surface area contributed by atoms with Crippen LogP contribution in [-0.4, -0.2) is 4.57 Å². The number of pyridine rings is 1. The lowest BCUT2D eigenvalue weighted by Gasteiger charge is -2.19. The van der Waals surface area contributed by atoms with Crippen LogP contribution in [0.4, 0.5) is 13.2 Å². The largest absolute Gasteiger partial charge is 0.416 e. The van der Waals surface area contributed by atoms with Crippen LogP contribution < -0.4 is 5.43 Å². The van der Waals surface area contributed by atoms with Gasteiger partial charge in [-0.05, 0) is 29.3 Å². The van der Waals surface area contributed by atoms with Gasteiger partial charge in [0.1, 0.15) is 0 Å². The minimum absolute atomic E-state index is 0.0517. The average Bonchev–Trinajstić information content (AvgIpc) is 2.70. The lowest BCUT2D eigenvalue weighted by atomic mass is 9.95. The van der Waals surface area contributed by atoms with Crippen LogP contribution in [0.2, 0.25) is 0 Å². The molecule has 0 N–H and O–H groups in total. The van der Waals surface area contributed by atoms with Gasteiger partial charge in [0.25, 0.3) is 0 Å². The Morgan fingerprint density at radius 3 is 1.93 bits per heavy atom. The first-order chi connectivity index (χ1) is 13.4. The molecule has 2 nitrogen and oxygen atoms in total. The Bertz CT molecular complexity index is 1210. The lowest BCUT2D eigenvalue weighted by molar-refractivity contribution is -0.137. The SMILES string of the molecule is Cn1c(-c2ccccc2)c(-c2ccccc2)c(=O)c2cc(C(F)(F)F)ccc21. The average molecular weight is 379 g/mol. The highest BCUT2D eigenvalue weighted by Crippen LogP contribution is 2.35. The van der Waals surface area contributed by atoms with Crippen LogP contribution in [0, 0.1) is 0 Å². The van der Waals surface area contributed by atoms with E-state index in [1.165, 1.54) is 6.07 Å². The van der Waals surface area contributed by atoms with Crippen LogP contribution in [0.15, 0.2) is 83.7 Å². The summed E-state index contributed by atoms with van der Waals surface area (Å²) in [6.45, 7) is 0. The molecule has 0 radical (unpaired) electrons. The molecule has 1 heterocycles. The van der Waals surface area contributed by atoms with Crippen LogP contribution in [0.25, 0.3) is 33.3 Å². The molecule has 0 aliphatic heterocycles. The van der Waals surface area contributed by atoms with Gasteiger partial charge >= 0.3 is 6.18 Å². The number of benzene rings is 3. The molecule has 3 aromatic carbocycles. The Labute approximate surface area is 159 Å². The zero-order valence-corrected chi connectivity index (χ0v) is 15.0. The van der Waals surface area contributed by atoms with Gasteiger partial charge in [-0.1, -0.05) is 60.7 Å². The monoisotopic (exact) mass is 379 g/mol. The highest BCUT2D eigenvalue weighted by atomic mass is 19.4. The Morgan fingerprint density at radius 2 is 1.36 bits per heavy atom. The van der Waals surface area contributed by atoms with E-state index in [4.69, 9.17) is 0 Å². The van der Waals surface area contributed by atoms with E-state index in [2.05, 4.69) is 0 Å². The third-order valence-electron chi connectivity index (χ3n) is 4.84. The van der Waals surface area contributed by atoms with E-state index in [0.29, 0.717) is 22.3 Å². The van der Waals surface area contributed by atoms with Crippen LogP contribution in [0.5, 0.6) is 0 Å². The summed E-state index contributed by atoms with van der Waals surface area (Å²) in [5.41, 5.74) is 1.76. The van der Waals surface area contributed by atoms with Gasteiger partial charge in [-0.25, -0.2) is 0 Å². The molecule has 0 unspecified atom stereocenters. The highest BCUT2D eigenvalue weighted by molar-refractivity contribution is 5.92. The zero-order chi connectivity index (χ0) is 19.9. The lowest BCUT2D eigenvalue weighted by Crippen LogP contribution is -2.15. The van der Waals surface area contributed by atoms with Gasteiger partial charge < -0.3 is 4.57 Å². The van der Waals surface area contributed by atoms with Crippen LogP contribution in [-0.2, 0) is 13.2 Å². The summed E-state index contributed by atoms with van der Waals surface area (Å²) in [6, 6.07) is 21.7. The van der Waals surface area contributed by atoms with E-state index < -0.39 is 17.2 Å². The Balaban J connectivity index is 2.16. The fraction of sp³-hybridized carbons (Fsp3) is 0.0870. The van der Waals surface area contributed by atoms with E-state index in [1.54, 1.807) is 35.9 Å². The summed E-state index contributed by atoms with van der Waals surface area (Å²) < 4.78 is 41.4. The van der Waals surface area contributed by atoms with Crippen molar-refractivity contribution in [2.45, 2.75) is 6.18 Å². The third kappa shape index (κ3) is 2.99. The number of aryl methyl sites for hydroxylation is 1. The van der Waals surface area contributed by atoms with Gasteiger partial charge in [0, 0.05) is 12.4 Å². The number of halogens is 3. The van der Waals surface area contributed by atoms with Crippen molar-refractivity contribution in [3.63, 3.8) is 0 Å². The highest BCUT2D eigenvalue weighted by Gasteiger charge is 2.31. The van der Waals surface area contributed by atoms with Gasteiger partial charge in [-0.2, -0.15) is 13.2 Å². The Hall–Kier alpha value is -3.34. The van der Waals surface area contributed by atoms with Crippen molar-refractivity contribution in [2.75, 3.05) is 0 Å². The van der Waals surface area contributed by atoms with E-state index in [1.807, 2.05) is 36.4 Å². The normalized spacial score (nSPS) is 11.7. The van der Waals surface area contributed by atoms with Crippen molar-refractivity contribution in [3.05, 3.63) is 94.6 Å². The smallest absolute Gasteiger partial charge is 0.343 e. The van der Waals surface area contributed by atoms with Crippen LogP contribution >= 0.6 is 0 Å². The first-order valence-corrected chi connectivity index (χ1v) is 8.72. The van der Waals surface area contributed by atoms with Gasteiger partial charge in [-0.3, -0.25) is 4.79 Å². The van der Waals surface area contributed by atoms with E-state index >= 15 is 0 Å². The number of hydrogen-bond acceptors (Lipinski definition) is 1. The maximum Gasteiger partial charge on any atom is 0.416 e. The molecular formula is C23H16F3NO. The predicted octanol–water partition coefficient (Wildman–Crippen LogP) is 5.89. The molecule has 140 valence electrons. The van der Waals surface area contributed by atoms with Crippen molar-refractivity contribution in [1.29, 1.82) is 0 Å². The molecule has 4 aromatic rings. The van der Waals surface area contributed by atoms with Gasteiger partial charge in [0.05, 0.1) is 22.3 Å². The molecular weight excluding hydrogens is 363 g/mol. The first kappa shape index (κ1) is 18.0. The number of hydrogen-bond donors (Lipinski definition) is 0. The minimum atomic E-state index is -4.51. The number of alkyl halides is 3. The molecule has 28 heavy (non-hydrogen) atoms. The number of rotatable bonds is 2. The summed E-state index contributed by atoms with van der Waals surface area (Å²) in [6.07, 6.45) is -4.51. The van der Waals surface area contributed by atoms with Gasteiger partial charge in [-0.15, -0.1) is 0 Å². The summed E-state index contributed by atoms with van der Waals surface area (Å²) in [7, 11) is 1.77. The van der Waals surface area contributed by atoms with Crippen LogP contribution in [0.3, 0.4) is 0 Å². The van der Waals surface area contributed by atoms with Crippen LogP contribution in [0.1, 0.15) is 5.56 Å². The quantitative estimate of drug-likeness (QED) is 0.426. The fourth-order valence-electron chi connectivity index (χ4n) is 3.52. The second-order valence-corrected chi connectivity index (χ2v) is 6.57. The Kier molecular flexibility index (Phi) is 4.30. The molecule has 0 atom stereocenters. The van der Waals surface area contributed by atoms with Gasteiger partial charge in [0.2, 0.25) is 0 Å².